The summed E-state index contributed by atoms with van der Waals surface area (Å²) in [6, 6.07) is 12.3. The molecule has 0 radical (unpaired) electrons. The number of carboxylic acid groups (broad SMARTS) is 1. The van der Waals surface area contributed by atoms with Crippen molar-refractivity contribution in [2.45, 2.75) is 182 Å². The SMILES string of the molecule is CCN(CCNC(=O)[C@H](CS)NC(=O)[C@H](CO)NC(=O)[C@@H](NC(=O)[C@H](Cc1ccccc1)NC(=O)[C@@H](NC(=O)[C@H](CCCCN)NC(=O)[C@H](Cc1c[nH]c2ccccc12)NC(=O)[C@H](Cc1ccccc1)NC(=O)[C@H](Cc1ccccc1)NC(=O)[C@H](CC(N)=O)NC(=O)[C@H](CCCCN)NC(=O)[C@H](CS)NC(=O)CN)[C@@H](C)O)[C@@H](C)O)[C@@H](N)C(=O)O. The number of aromatic nitrogens is 1. The third-order valence-electron chi connectivity index (χ3n) is 19.2. The maximum Gasteiger partial charge on any atom is 0.335 e. The van der Waals surface area contributed by atoms with Crippen molar-refractivity contribution in [2.24, 2.45) is 28.7 Å². The summed E-state index contributed by atoms with van der Waals surface area (Å²) in [5, 5.41) is 75.4. The van der Waals surface area contributed by atoms with Crippen LogP contribution in [0.3, 0.4) is 0 Å². The average molecular weight is 1710 g/mol. The van der Waals surface area contributed by atoms with Crippen molar-refractivity contribution in [3.05, 3.63) is 144 Å². The molecule has 41 heteroatoms. The van der Waals surface area contributed by atoms with E-state index >= 15 is 14.4 Å². The normalized spacial score (nSPS) is 15.0. The van der Waals surface area contributed by atoms with Crippen molar-refractivity contribution >= 4 is 125 Å². The Hall–Kier alpha value is -11.1. The number of aliphatic hydroxyl groups excluding tert-OH is 3. The third-order valence-corrected chi connectivity index (χ3v) is 19.9. The highest BCUT2D eigenvalue weighted by atomic mass is 32.1. The maximum atomic E-state index is 15.4. The number of primary amides is 1. The molecule has 0 saturated carbocycles. The van der Waals surface area contributed by atoms with E-state index in [1.54, 1.807) is 128 Å². The number of rotatable bonds is 54. The van der Waals surface area contributed by atoms with Gasteiger partial charge in [0, 0.05) is 67.4 Å². The van der Waals surface area contributed by atoms with Gasteiger partial charge in [0.15, 0.2) is 6.17 Å². The molecular formula is C79H114N20O19S2. The summed E-state index contributed by atoms with van der Waals surface area (Å²) in [6.45, 7) is 2.83. The topological polar surface area (TPSA) is 642 Å². The van der Waals surface area contributed by atoms with E-state index in [2.05, 4.69) is 99.4 Å². The van der Waals surface area contributed by atoms with Gasteiger partial charge in [0.05, 0.1) is 31.8 Å². The second kappa shape index (κ2) is 52.0. The van der Waals surface area contributed by atoms with Gasteiger partial charge in [-0.1, -0.05) is 116 Å². The predicted molar refractivity (Wildman–Crippen MR) is 448 cm³/mol. The van der Waals surface area contributed by atoms with Crippen molar-refractivity contribution in [1.29, 1.82) is 0 Å². The number of fused-ring (bicyclic) bond motifs is 1. The number of aliphatic hydroxyl groups is 3. The number of carbonyl (C=O) groups is 15. The fourth-order valence-corrected chi connectivity index (χ4v) is 13.0. The standard InChI is InChI=1S/C79H114N20O19S2/c1-4-99(66(84)79(117)118)33-32-85-67(105)60(42-119)96-75(113)59(41-100)95-78(116)65(45(3)102)98-74(112)56(36-48-24-12-7-13-25-48)94-77(115)64(44(2)101)97-69(107)53(29-17-19-31-81)88-72(110)57(37-49-40-86-51-27-15-14-26-50(49)51)92-71(109)55(35-47-22-10-6-11-23-47)90-70(108)54(34-46-20-8-5-9-21-46)91-73(111)58(38-62(83)103)93-68(106)52(28-16-18-30-80)89-76(114)61(43-120)87-63(104)39-82/h5-15,20-27,40,44-45,52-61,64-66,86,100-102,119-120H,4,16-19,28-39,41-43,80-82,84H2,1-3H3,(H2,83,103)(H,85,105)(H,87,104)(H,88,110)(H,89,114)(H,90,108)(H,91,111)(H,92,109)(H,93,106)(H,94,115)(H,95,116)(H,96,113)(H,97,107)(H,98,112)(H,117,118)/t44-,45-,52+,53+,54+,55+,56+,57+,58+,59+,60+,61+,64+,65+,66-/m1/s1. The summed E-state index contributed by atoms with van der Waals surface area (Å²) < 4.78 is 0. The Morgan fingerprint density at radius 2 is 0.800 bits per heavy atom. The first-order valence-electron chi connectivity index (χ1n) is 39.2. The average Bonchev–Trinajstić information content (AvgIpc) is 1.75. The first-order chi connectivity index (χ1) is 57.3. The number of aliphatic carboxylic acids is 1. The number of thiol groups is 2. The number of carboxylic acids is 1. The molecule has 0 aliphatic rings. The van der Waals surface area contributed by atoms with Crippen LogP contribution >= 0.6 is 25.3 Å². The fourth-order valence-electron chi connectivity index (χ4n) is 12.5. The van der Waals surface area contributed by atoms with Gasteiger partial charge in [-0.25, -0.2) is 4.79 Å². The van der Waals surface area contributed by atoms with E-state index in [0.717, 1.165) is 13.8 Å². The van der Waals surface area contributed by atoms with Gasteiger partial charge >= 0.3 is 5.97 Å². The lowest BCUT2D eigenvalue weighted by atomic mass is 10.00. The summed E-state index contributed by atoms with van der Waals surface area (Å²) in [6.07, 6.45) is -4.25. The molecule has 0 bridgehead atoms. The van der Waals surface area contributed by atoms with Crippen molar-refractivity contribution in [1.82, 2.24) is 79.0 Å². The van der Waals surface area contributed by atoms with Crippen LogP contribution in [0.2, 0.25) is 0 Å². The minimum absolute atomic E-state index is 0.00536. The number of hydrogen-bond acceptors (Lipinski definition) is 25. The van der Waals surface area contributed by atoms with Crippen LogP contribution in [0.4, 0.5) is 0 Å². The zero-order chi connectivity index (χ0) is 88.5. The number of aromatic amines is 1. The number of likely N-dealkylation sites (N-methyl/N-ethyl adjacent to an activating group) is 1. The quantitative estimate of drug-likeness (QED) is 0.00978. The zero-order valence-corrected chi connectivity index (χ0v) is 68.8. The van der Waals surface area contributed by atoms with E-state index < -0.39 is 199 Å². The highest BCUT2D eigenvalue weighted by molar-refractivity contribution is 7.80. The largest absolute Gasteiger partial charge is 0.479 e. The molecule has 5 aromatic rings. The van der Waals surface area contributed by atoms with E-state index in [9.17, 15) is 78.0 Å². The minimum Gasteiger partial charge on any atom is -0.479 e. The zero-order valence-electron chi connectivity index (χ0n) is 67.0. The van der Waals surface area contributed by atoms with Gasteiger partial charge in [0.2, 0.25) is 82.7 Å². The molecule has 15 atom stereocenters. The number of benzene rings is 4. The van der Waals surface area contributed by atoms with E-state index in [1.807, 2.05) is 0 Å². The van der Waals surface area contributed by atoms with Crippen LogP contribution in [-0.2, 0) is 97.6 Å². The molecule has 1 aromatic heterocycles. The first kappa shape index (κ1) is 99.4. The molecule has 0 aliphatic carbocycles. The van der Waals surface area contributed by atoms with Crippen LogP contribution in [0.25, 0.3) is 10.9 Å². The predicted octanol–water partition coefficient (Wildman–Crippen LogP) is -6.23. The van der Waals surface area contributed by atoms with Gasteiger partial charge in [0.1, 0.15) is 72.5 Å². The van der Waals surface area contributed by atoms with E-state index in [0.29, 0.717) is 46.0 Å². The summed E-state index contributed by atoms with van der Waals surface area (Å²) in [5.74, 6) is -15.8. The number of para-hydroxylation sites is 1. The molecule has 5 rings (SSSR count). The maximum absolute atomic E-state index is 15.4. The second-order valence-electron chi connectivity index (χ2n) is 28.5. The number of nitrogens with one attached hydrogen (secondary N) is 14. The Labute approximate surface area is 704 Å². The van der Waals surface area contributed by atoms with Gasteiger partial charge in [-0.15, -0.1) is 0 Å². The number of H-pyrrole nitrogens is 1. The molecule has 1 heterocycles. The fraction of sp³-hybridized carbons (Fsp3) is 0.481. The van der Waals surface area contributed by atoms with Gasteiger partial charge in [0.25, 0.3) is 0 Å². The molecule has 0 spiro atoms. The number of amides is 14. The van der Waals surface area contributed by atoms with Crippen LogP contribution in [0.15, 0.2) is 121 Å². The van der Waals surface area contributed by atoms with E-state index in [1.165, 1.54) is 4.90 Å². The van der Waals surface area contributed by atoms with Crippen LogP contribution in [0, 0.1) is 0 Å². The second-order valence-corrected chi connectivity index (χ2v) is 29.2. The van der Waals surface area contributed by atoms with Crippen LogP contribution in [-0.4, -0.2) is 267 Å². The molecule has 0 fully saturated rings. The highest BCUT2D eigenvalue weighted by Gasteiger charge is 2.40. The number of unbranched alkanes of at least 4 members (excludes halogenated alkanes) is 2. The van der Waals surface area contributed by atoms with E-state index in [4.69, 9.17) is 28.7 Å². The van der Waals surface area contributed by atoms with Gasteiger partial charge in [-0.2, -0.15) is 25.3 Å². The number of nitrogens with zero attached hydrogens (tertiary/aromatic N) is 1. The van der Waals surface area contributed by atoms with Crippen LogP contribution in [0.5, 0.6) is 0 Å². The Morgan fingerprint density at radius 1 is 0.442 bits per heavy atom. The molecular weight excluding hydrogens is 1600 g/mol. The van der Waals surface area contributed by atoms with Crippen molar-refractivity contribution in [3.8, 4) is 0 Å². The lowest BCUT2D eigenvalue weighted by Crippen LogP contribution is -2.63. The first-order valence-corrected chi connectivity index (χ1v) is 40.4. The third kappa shape index (κ3) is 32.9. The Bertz CT molecular complexity index is 4210. The number of carbonyl (C=O) groups excluding carboxylic acids is 14. The molecule has 14 amide bonds. The molecule has 39 nitrogen and oxygen atoms in total. The Balaban J connectivity index is 1.45. The van der Waals surface area contributed by atoms with Crippen molar-refractivity contribution in [3.63, 3.8) is 0 Å². The van der Waals surface area contributed by atoms with Crippen molar-refractivity contribution in [2.75, 3.05) is 57.4 Å². The summed E-state index contributed by atoms with van der Waals surface area (Å²) in [7, 11) is 0. The highest BCUT2D eigenvalue weighted by Crippen LogP contribution is 2.21. The molecule has 28 N–H and O–H groups in total. The lowest BCUT2D eigenvalue weighted by Gasteiger charge is -2.29. The lowest BCUT2D eigenvalue weighted by molar-refractivity contribution is -0.143. The summed E-state index contributed by atoms with van der Waals surface area (Å²) in [4.78, 5) is 214. The van der Waals surface area contributed by atoms with Gasteiger partial charge < -0.3 is 123 Å². The molecule has 120 heavy (non-hydrogen) atoms. The Kier molecular flexibility index (Phi) is 43.1. The van der Waals surface area contributed by atoms with E-state index in [-0.39, 0.29) is 95.6 Å². The smallest absolute Gasteiger partial charge is 0.335 e. The molecule has 4 aromatic carbocycles. The minimum atomic E-state index is -1.92. The Morgan fingerprint density at radius 3 is 1.22 bits per heavy atom. The van der Waals surface area contributed by atoms with Gasteiger partial charge in [-0.3, -0.25) is 72.0 Å². The molecule has 0 saturated heterocycles. The summed E-state index contributed by atoms with van der Waals surface area (Å²) >= 11 is 8.31. The summed E-state index contributed by atoms with van der Waals surface area (Å²) in [5.41, 5.74) is 31.0. The number of hydrogen-bond donors (Lipinski definition) is 25. The van der Waals surface area contributed by atoms with Crippen molar-refractivity contribution < 1.29 is 92.3 Å². The molecule has 0 unspecified atom stereocenters. The monoisotopic (exact) mass is 1710 g/mol. The van der Waals surface area contributed by atoms with Crippen LogP contribution < -0.4 is 97.8 Å². The molecule has 656 valence electrons. The number of nitrogens with two attached hydrogens (primary N) is 5. The van der Waals surface area contributed by atoms with Crippen LogP contribution in [0.1, 0.15) is 88.0 Å². The molecule has 0 aliphatic heterocycles. The van der Waals surface area contributed by atoms with Gasteiger partial charge in [-0.05, 0) is 100 Å².